The van der Waals surface area contributed by atoms with Crippen molar-refractivity contribution in [3.8, 4) is 5.75 Å². The van der Waals surface area contributed by atoms with E-state index in [9.17, 15) is 4.79 Å². The van der Waals surface area contributed by atoms with Gasteiger partial charge in [-0.3, -0.25) is 4.79 Å². The number of anilines is 1. The topological polar surface area (TPSA) is 42.4 Å². The van der Waals surface area contributed by atoms with E-state index in [2.05, 4.69) is 4.98 Å². The lowest BCUT2D eigenvalue weighted by Crippen LogP contribution is -2.11. The van der Waals surface area contributed by atoms with Crippen molar-refractivity contribution in [2.45, 2.75) is 18.9 Å². The van der Waals surface area contributed by atoms with Crippen LogP contribution in [0.15, 0.2) is 12.3 Å². The Hall–Kier alpha value is -1.58. The molecule has 2 rings (SSSR count). The number of ether oxygens (including phenoxy) is 1. The van der Waals surface area contributed by atoms with Gasteiger partial charge in [0.2, 0.25) is 0 Å². The van der Waals surface area contributed by atoms with Crippen molar-refractivity contribution in [1.82, 2.24) is 4.98 Å². The van der Waals surface area contributed by atoms with Gasteiger partial charge in [0.05, 0.1) is 17.9 Å². The Kier molecular flexibility index (Phi) is 2.58. The van der Waals surface area contributed by atoms with E-state index in [1.165, 1.54) is 0 Å². The number of aldehydes is 1. The molecule has 0 saturated heterocycles. The summed E-state index contributed by atoms with van der Waals surface area (Å²) in [6.45, 7) is 0. The van der Waals surface area contributed by atoms with Gasteiger partial charge in [0.1, 0.15) is 11.6 Å². The maximum Gasteiger partial charge on any atom is 0.153 e. The Morgan fingerprint density at radius 1 is 1.53 bits per heavy atom. The average molecular weight is 206 g/mol. The first kappa shape index (κ1) is 9.96. The molecule has 4 nitrogen and oxygen atoms in total. The SMILES string of the molecule is CN(C)c1cc(C=O)c(OC2CC2)cn1. The number of carbonyl (C=O) groups excluding carboxylic acids is 1. The quantitative estimate of drug-likeness (QED) is 0.700. The van der Waals surface area contributed by atoms with Crippen LogP contribution in [0, 0.1) is 0 Å². The normalized spacial score (nSPS) is 14.8. The molecule has 0 bridgehead atoms. The number of nitrogens with zero attached hydrogens (tertiary/aromatic N) is 2. The third-order valence-corrected chi connectivity index (χ3v) is 2.29. The zero-order chi connectivity index (χ0) is 10.8. The summed E-state index contributed by atoms with van der Waals surface area (Å²) in [6.07, 6.45) is 4.88. The van der Waals surface area contributed by atoms with Gasteiger partial charge in [-0.1, -0.05) is 0 Å². The van der Waals surface area contributed by atoms with Crippen LogP contribution in [0.1, 0.15) is 23.2 Å². The minimum atomic E-state index is 0.288. The predicted octanol–water partition coefficient (Wildman–Crippen LogP) is 1.50. The summed E-state index contributed by atoms with van der Waals surface area (Å²) in [7, 11) is 3.77. The maximum atomic E-state index is 10.9. The van der Waals surface area contributed by atoms with Crippen LogP contribution in [-0.4, -0.2) is 31.5 Å². The van der Waals surface area contributed by atoms with Crippen LogP contribution in [-0.2, 0) is 0 Å². The molecular weight excluding hydrogens is 192 g/mol. The molecular formula is C11H14N2O2. The van der Waals surface area contributed by atoms with E-state index in [1.807, 2.05) is 19.0 Å². The van der Waals surface area contributed by atoms with Gasteiger partial charge in [-0.15, -0.1) is 0 Å². The van der Waals surface area contributed by atoms with Gasteiger partial charge in [0, 0.05) is 14.1 Å². The summed E-state index contributed by atoms with van der Waals surface area (Å²) < 4.78 is 5.57. The van der Waals surface area contributed by atoms with Crippen molar-refractivity contribution in [3.63, 3.8) is 0 Å². The first-order chi connectivity index (χ1) is 7.20. The smallest absolute Gasteiger partial charge is 0.153 e. The van der Waals surface area contributed by atoms with Crippen LogP contribution in [0.3, 0.4) is 0 Å². The van der Waals surface area contributed by atoms with Crippen molar-refractivity contribution >= 4 is 12.1 Å². The van der Waals surface area contributed by atoms with Crippen molar-refractivity contribution in [2.24, 2.45) is 0 Å². The molecule has 0 N–H and O–H groups in total. The van der Waals surface area contributed by atoms with Gasteiger partial charge in [-0.25, -0.2) is 4.98 Å². The summed E-state index contributed by atoms with van der Waals surface area (Å²) in [5.74, 6) is 1.36. The molecule has 0 aromatic carbocycles. The first-order valence-corrected chi connectivity index (χ1v) is 5.00. The minimum absolute atomic E-state index is 0.288. The molecule has 1 aliphatic carbocycles. The van der Waals surface area contributed by atoms with Gasteiger partial charge in [0.25, 0.3) is 0 Å². The highest BCUT2D eigenvalue weighted by Crippen LogP contribution is 2.29. The molecule has 0 aliphatic heterocycles. The Bertz CT molecular complexity index is 373. The monoisotopic (exact) mass is 206 g/mol. The molecule has 1 aliphatic rings. The molecule has 1 aromatic rings. The highest BCUT2D eigenvalue weighted by atomic mass is 16.5. The minimum Gasteiger partial charge on any atom is -0.488 e. The Morgan fingerprint density at radius 2 is 2.27 bits per heavy atom. The number of hydrogen-bond acceptors (Lipinski definition) is 4. The van der Waals surface area contributed by atoms with E-state index in [4.69, 9.17) is 4.74 Å². The second kappa shape index (κ2) is 3.88. The molecule has 0 amide bonds. The average Bonchev–Trinajstić information content (AvgIpc) is 3.02. The summed E-state index contributed by atoms with van der Waals surface area (Å²) in [4.78, 5) is 16.9. The highest BCUT2D eigenvalue weighted by molar-refractivity contribution is 5.80. The van der Waals surface area contributed by atoms with Crippen molar-refractivity contribution < 1.29 is 9.53 Å². The third-order valence-electron chi connectivity index (χ3n) is 2.29. The molecule has 1 heterocycles. The lowest BCUT2D eigenvalue weighted by atomic mass is 10.2. The Balaban J connectivity index is 2.25. The number of carbonyl (C=O) groups is 1. The van der Waals surface area contributed by atoms with Crippen LogP contribution < -0.4 is 9.64 Å². The predicted molar refractivity (Wildman–Crippen MR) is 57.6 cm³/mol. The fraction of sp³-hybridized carbons (Fsp3) is 0.455. The van der Waals surface area contributed by atoms with E-state index >= 15 is 0 Å². The zero-order valence-corrected chi connectivity index (χ0v) is 8.93. The second-order valence-corrected chi connectivity index (χ2v) is 3.91. The molecule has 1 aromatic heterocycles. The number of rotatable bonds is 4. The number of hydrogen-bond donors (Lipinski definition) is 0. The van der Waals surface area contributed by atoms with E-state index in [0.717, 1.165) is 24.9 Å². The second-order valence-electron chi connectivity index (χ2n) is 3.91. The molecule has 15 heavy (non-hydrogen) atoms. The van der Waals surface area contributed by atoms with E-state index in [1.54, 1.807) is 12.3 Å². The highest BCUT2D eigenvalue weighted by Gasteiger charge is 2.24. The summed E-state index contributed by atoms with van der Waals surface area (Å²) in [5.41, 5.74) is 0.570. The maximum absolute atomic E-state index is 10.9. The Labute approximate surface area is 88.9 Å². The van der Waals surface area contributed by atoms with Crippen molar-refractivity contribution in [3.05, 3.63) is 17.8 Å². The first-order valence-electron chi connectivity index (χ1n) is 5.00. The largest absolute Gasteiger partial charge is 0.488 e. The molecule has 0 atom stereocenters. The molecule has 1 fully saturated rings. The Morgan fingerprint density at radius 3 is 2.80 bits per heavy atom. The molecule has 0 spiro atoms. The van der Waals surface area contributed by atoms with Crippen molar-refractivity contribution in [2.75, 3.05) is 19.0 Å². The molecule has 0 radical (unpaired) electrons. The summed E-state index contributed by atoms with van der Waals surface area (Å²) >= 11 is 0. The van der Waals surface area contributed by atoms with E-state index in [0.29, 0.717) is 11.3 Å². The van der Waals surface area contributed by atoms with E-state index < -0.39 is 0 Å². The van der Waals surface area contributed by atoms with Crippen LogP contribution in [0.5, 0.6) is 5.75 Å². The number of pyridine rings is 1. The van der Waals surface area contributed by atoms with E-state index in [-0.39, 0.29) is 6.10 Å². The van der Waals surface area contributed by atoms with Gasteiger partial charge in [0.15, 0.2) is 6.29 Å². The standard InChI is InChI=1S/C11H14N2O2/c1-13(2)11-5-8(7-14)10(6-12-11)15-9-3-4-9/h5-7,9H,3-4H2,1-2H3. The summed E-state index contributed by atoms with van der Waals surface area (Å²) in [6, 6.07) is 1.74. The van der Waals surface area contributed by atoms with Gasteiger partial charge >= 0.3 is 0 Å². The van der Waals surface area contributed by atoms with Gasteiger partial charge < -0.3 is 9.64 Å². The molecule has 80 valence electrons. The fourth-order valence-corrected chi connectivity index (χ4v) is 1.25. The lowest BCUT2D eigenvalue weighted by molar-refractivity contribution is 0.111. The third kappa shape index (κ3) is 2.26. The van der Waals surface area contributed by atoms with Gasteiger partial charge in [-0.05, 0) is 18.9 Å². The molecule has 4 heteroatoms. The van der Waals surface area contributed by atoms with Crippen LogP contribution in [0.25, 0.3) is 0 Å². The summed E-state index contributed by atoms with van der Waals surface area (Å²) in [5, 5.41) is 0. The lowest BCUT2D eigenvalue weighted by Gasteiger charge is -2.13. The molecule has 0 unspecified atom stereocenters. The van der Waals surface area contributed by atoms with Crippen molar-refractivity contribution in [1.29, 1.82) is 0 Å². The van der Waals surface area contributed by atoms with Crippen LogP contribution in [0.4, 0.5) is 5.82 Å². The zero-order valence-electron chi connectivity index (χ0n) is 8.93. The fourth-order valence-electron chi connectivity index (χ4n) is 1.25. The van der Waals surface area contributed by atoms with Gasteiger partial charge in [-0.2, -0.15) is 0 Å². The van der Waals surface area contributed by atoms with Crippen LogP contribution in [0.2, 0.25) is 0 Å². The van der Waals surface area contributed by atoms with Crippen LogP contribution >= 0.6 is 0 Å². The number of aromatic nitrogens is 1. The molecule has 1 saturated carbocycles.